The van der Waals surface area contributed by atoms with Crippen molar-refractivity contribution in [2.45, 2.75) is 44.4 Å². The number of aliphatic carboxylic acids is 1. The van der Waals surface area contributed by atoms with E-state index >= 15 is 0 Å². The third-order valence-corrected chi connectivity index (χ3v) is 5.66. The van der Waals surface area contributed by atoms with Gasteiger partial charge in [0.15, 0.2) is 0 Å². The lowest BCUT2D eigenvalue weighted by Gasteiger charge is -2.15. The zero-order chi connectivity index (χ0) is 20.6. The number of carbonyl (C=O) groups is 2. The van der Waals surface area contributed by atoms with Crippen LogP contribution in [0.4, 0.5) is 0 Å². The average molecular weight is 395 g/mol. The standard InChI is InChI=1S/C24H29NO4/c25-15-6-5-8-17(24(27)28)9-7-14-23(26)29-16-22-20-12-3-1-10-18(20)19-11-2-4-13-21(19)22/h1-4,10-13,17,22H,5-9,14-16,25H2,(H,27,28)/t17-/m1/s1. The van der Waals surface area contributed by atoms with E-state index in [1.165, 1.54) is 22.3 Å². The van der Waals surface area contributed by atoms with Gasteiger partial charge < -0.3 is 15.6 Å². The minimum Gasteiger partial charge on any atom is -0.481 e. The Hall–Kier alpha value is -2.66. The summed E-state index contributed by atoms with van der Waals surface area (Å²) in [4.78, 5) is 23.6. The number of carboxylic acids is 1. The molecule has 0 saturated heterocycles. The number of carbonyl (C=O) groups excluding carboxylic acids is 1. The first-order chi connectivity index (χ1) is 14.1. The lowest BCUT2D eigenvalue weighted by atomic mass is 9.96. The van der Waals surface area contributed by atoms with Crippen LogP contribution in [0.1, 0.15) is 55.6 Å². The lowest BCUT2D eigenvalue weighted by Crippen LogP contribution is -2.16. The highest BCUT2D eigenvalue weighted by Crippen LogP contribution is 2.44. The average Bonchev–Trinajstić information content (AvgIpc) is 3.05. The fraction of sp³-hybridized carbons (Fsp3) is 0.417. The molecule has 2 aromatic carbocycles. The topological polar surface area (TPSA) is 89.6 Å². The van der Waals surface area contributed by atoms with Crippen LogP contribution in [0.3, 0.4) is 0 Å². The Labute approximate surface area is 171 Å². The van der Waals surface area contributed by atoms with Crippen molar-refractivity contribution >= 4 is 11.9 Å². The Morgan fingerprint density at radius 3 is 2.10 bits per heavy atom. The van der Waals surface area contributed by atoms with Crippen molar-refractivity contribution in [3.63, 3.8) is 0 Å². The second-order valence-electron chi connectivity index (χ2n) is 7.62. The van der Waals surface area contributed by atoms with Crippen LogP contribution >= 0.6 is 0 Å². The molecule has 2 aromatic rings. The maximum absolute atomic E-state index is 12.2. The van der Waals surface area contributed by atoms with Crippen molar-refractivity contribution in [3.8, 4) is 11.1 Å². The van der Waals surface area contributed by atoms with E-state index in [1.54, 1.807) is 0 Å². The minimum absolute atomic E-state index is 0.0504. The number of carboxylic acid groups (broad SMARTS) is 1. The number of esters is 1. The van der Waals surface area contributed by atoms with Gasteiger partial charge in [0.1, 0.15) is 6.61 Å². The van der Waals surface area contributed by atoms with Gasteiger partial charge in [-0.1, -0.05) is 55.0 Å². The van der Waals surface area contributed by atoms with Crippen LogP contribution in [-0.2, 0) is 14.3 Å². The van der Waals surface area contributed by atoms with E-state index in [1.807, 2.05) is 24.3 Å². The first-order valence-corrected chi connectivity index (χ1v) is 10.4. The predicted octanol–water partition coefficient (Wildman–Crippen LogP) is 4.34. The minimum atomic E-state index is -0.797. The Balaban J connectivity index is 1.50. The fourth-order valence-corrected chi connectivity index (χ4v) is 4.11. The van der Waals surface area contributed by atoms with E-state index < -0.39 is 11.9 Å². The Kier molecular flexibility index (Phi) is 7.42. The number of nitrogens with two attached hydrogens (primary N) is 1. The van der Waals surface area contributed by atoms with Crippen molar-refractivity contribution in [1.29, 1.82) is 0 Å². The molecule has 0 bridgehead atoms. The maximum atomic E-state index is 12.2. The molecule has 0 heterocycles. The van der Waals surface area contributed by atoms with Gasteiger partial charge in [0.05, 0.1) is 5.92 Å². The molecule has 0 spiro atoms. The molecule has 1 aliphatic carbocycles. The van der Waals surface area contributed by atoms with Crippen LogP contribution in [0, 0.1) is 5.92 Å². The first kappa shape index (κ1) is 21.1. The van der Waals surface area contributed by atoms with E-state index in [0.29, 0.717) is 32.4 Å². The SMILES string of the molecule is NCCCC[C@H](CCCC(=O)OCC1c2ccccc2-c2ccccc21)C(=O)O. The number of fused-ring (bicyclic) bond motifs is 3. The summed E-state index contributed by atoms with van der Waals surface area (Å²) in [6.07, 6.45) is 3.50. The van der Waals surface area contributed by atoms with Crippen molar-refractivity contribution in [1.82, 2.24) is 0 Å². The quantitative estimate of drug-likeness (QED) is 0.436. The summed E-state index contributed by atoms with van der Waals surface area (Å²) in [5, 5.41) is 9.32. The largest absolute Gasteiger partial charge is 0.481 e. The summed E-state index contributed by atoms with van der Waals surface area (Å²) < 4.78 is 5.58. The molecule has 0 aromatic heterocycles. The van der Waals surface area contributed by atoms with Gasteiger partial charge in [-0.05, 0) is 54.5 Å². The molecule has 3 N–H and O–H groups in total. The fourth-order valence-electron chi connectivity index (χ4n) is 4.11. The second kappa shape index (κ2) is 10.2. The van der Waals surface area contributed by atoms with Crippen LogP contribution in [0.25, 0.3) is 11.1 Å². The van der Waals surface area contributed by atoms with E-state index in [4.69, 9.17) is 10.5 Å². The summed E-state index contributed by atoms with van der Waals surface area (Å²) in [5.74, 6) is -1.43. The molecular weight excluding hydrogens is 366 g/mol. The zero-order valence-electron chi connectivity index (χ0n) is 16.7. The Bertz CT molecular complexity index is 803. The van der Waals surface area contributed by atoms with E-state index in [9.17, 15) is 14.7 Å². The third-order valence-electron chi connectivity index (χ3n) is 5.66. The van der Waals surface area contributed by atoms with Gasteiger partial charge in [0, 0.05) is 12.3 Å². The number of benzene rings is 2. The van der Waals surface area contributed by atoms with Crippen LogP contribution in [-0.4, -0.2) is 30.2 Å². The van der Waals surface area contributed by atoms with Gasteiger partial charge in [0.2, 0.25) is 0 Å². The molecule has 0 unspecified atom stereocenters. The maximum Gasteiger partial charge on any atom is 0.306 e. The smallest absolute Gasteiger partial charge is 0.306 e. The third kappa shape index (κ3) is 5.24. The highest BCUT2D eigenvalue weighted by molar-refractivity contribution is 5.79. The Morgan fingerprint density at radius 2 is 1.52 bits per heavy atom. The zero-order valence-corrected chi connectivity index (χ0v) is 16.7. The van der Waals surface area contributed by atoms with Crippen LogP contribution in [0.2, 0.25) is 0 Å². The van der Waals surface area contributed by atoms with Gasteiger partial charge in [-0.15, -0.1) is 0 Å². The van der Waals surface area contributed by atoms with Crippen molar-refractivity contribution in [2.24, 2.45) is 11.7 Å². The molecule has 0 amide bonds. The highest BCUT2D eigenvalue weighted by Gasteiger charge is 2.29. The molecule has 5 heteroatoms. The molecule has 29 heavy (non-hydrogen) atoms. The summed E-state index contributed by atoms with van der Waals surface area (Å²) in [6.45, 7) is 0.887. The molecule has 1 atom stereocenters. The Morgan fingerprint density at radius 1 is 0.931 bits per heavy atom. The van der Waals surface area contributed by atoms with Crippen molar-refractivity contribution in [3.05, 3.63) is 59.7 Å². The number of ether oxygens (including phenoxy) is 1. The van der Waals surface area contributed by atoms with Crippen molar-refractivity contribution < 1.29 is 19.4 Å². The molecule has 5 nitrogen and oxygen atoms in total. The van der Waals surface area contributed by atoms with Crippen molar-refractivity contribution in [2.75, 3.05) is 13.2 Å². The van der Waals surface area contributed by atoms with Gasteiger partial charge in [0.25, 0.3) is 0 Å². The predicted molar refractivity (Wildman–Crippen MR) is 113 cm³/mol. The van der Waals surface area contributed by atoms with E-state index in [-0.39, 0.29) is 18.3 Å². The van der Waals surface area contributed by atoms with Gasteiger partial charge in [-0.3, -0.25) is 9.59 Å². The first-order valence-electron chi connectivity index (χ1n) is 10.4. The number of rotatable bonds is 11. The monoisotopic (exact) mass is 395 g/mol. The number of hydrogen-bond acceptors (Lipinski definition) is 4. The van der Waals surface area contributed by atoms with Crippen LogP contribution < -0.4 is 5.73 Å². The van der Waals surface area contributed by atoms with Crippen LogP contribution in [0.15, 0.2) is 48.5 Å². The molecule has 0 aliphatic heterocycles. The normalized spacial score (nSPS) is 13.6. The molecule has 0 radical (unpaired) electrons. The van der Waals surface area contributed by atoms with Gasteiger partial charge in [-0.25, -0.2) is 0 Å². The van der Waals surface area contributed by atoms with E-state index in [0.717, 1.165) is 12.8 Å². The molecule has 1 aliphatic rings. The molecule has 0 fully saturated rings. The number of unbranched alkanes of at least 4 members (excludes halogenated alkanes) is 1. The summed E-state index contributed by atoms with van der Waals surface area (Å²) in [7, 11) is 0. The molecule has 0 saturated carbocycles. The summed E-state index contributed by atoms with van der Waals surface area (Å²) in [5.41, 5.74) is 10.2. The van der Waals surface area contributed by atoms with Gasteiger partial charge in [-0.2, -0.15) is 0 Å². The summed E-state index contributed by atoms with van der Waals surface area (Å²) in [6, 6.07) is 16.5. The molecule has 154 valence electrons. The van der Waals surface area contributed by atoms with Crippen LogP contribution in [0.5, 0.6) is 0 Å². The highest BCUT2D eigenvalue weighted by atomic mass is 16.5. The second-order valence-corrected chi connectivity index (χ2v) is 7.62. The van der Waals surface area contributed by atoms with Gasteiger partial charge >= 0.3 is 11.9 Å². The van der Waals surface area contributed by atoms with E-state index in [2.05, 4.69) is 24.3 Å². The molecule has 3 rings (SSSR count). The molecular formula is C24H29NO4. The lowest BCUT2D eigenvalue weighted by molar-refractivity contribution is -0.145. The number of hydrogen-bond donors (Lipinski definition) is 2. The summed E-state index contributed by atoms with van der Waals surface area (Å²) >= 11 is 0.